The van der Waals surface area contributed by atoms with E-state index < -0.39 is 6.08 Å². The molecule has 1 aromatic carbocycles. The molecule has 166 valence electrons. The molecule has 0 fully saturated rings. The number of aryl methyl sites for hydroxylation is 3. The molecule has 4 rings (SSSR count). The molecule has 0 bridgehead atoms. The van der Waals surface area contributed by atoms with Crippen LogP contribution in [0.1, 0.15) is 62.5 Å². The van der Waals surface area contributed by atoms with Crippen molar-refractivity contribution < 1.29 is 4.39 Å². The Morgan fingerprint density at radius 2 is 1.87 bits per heavy atom. The van der Waals surface area contributed by atoms with E-state index in [1.165, 1.54) is 26.7 Å². The van der Waals surface area contributed by atoms with E-state index >= 15 is 0 Å². The topological polar surface area (TPSA) is 81.7 Å². The first kappa shape index (κ1) is 22.4. The minimum absolute atomic E-state index is 0.0977. The van der Waals surface area contributed by atoms with E-state index in [9.17, 15) is 4.39 Å². The van der Waals surface area contributed by atoms with Crippen LogP contribution in [0.3, 0.4) is 0 Å². The molecule has 6 nitrogen and oxygen atoms in total. The summed E-state index contributed by atoms with van der Waals surface area (Å²) in [6.45, 7) is 8.13. The Balaban J connectivity index is 1.61. The monoisotopic (exact) mass is 536 g/mol. The number of rotatable bonds is 7. The van der Waals surface area contributed by atoms with Gasteiger partial charge in [-0.05, 0) is 105 Å². The maximum Gasteiger partial charge on any atom is 0.312 e. The van der Waals surface area contributed by atoms with Crippen molar-refractivity contribution in [2.45, 2.75) is 71.4 Å². The van der Waals surface area contributed by atoms with Gasteiger partial charge in [0.25, 0.3) is 0 Å². The molecule has 8 heteroatoms. The van der Waals surface area contributed by atoms with Crippen LogP contribution in [0, 0.1) is 9.65 Å². The zero-order valence-electron chi connectivity index (χ0n) is 18.4. The van der Waals surface area contributed by atoms with Crippen LogP contribution < -0.4 is 11.1 Å². The zero-order valence-corrected chi connectivity index (χ0v) is 20.6. The minimum atomic E-state index is -0.806. The minimum Gasteiger partial charge on any atom is -0.382 e. The smallest absolute Gasteiger partial charge is 0.312 e. The van der Waals surface area contributed by atoms with Gasteiger partial charge in [-0.25, -0.2) is 4.98 Å². The van der Waals surface area contributed by atoms with Gasteiger partial charge in [0, 0.05) is 22.1 Å². The summed E-state index contributed by atoms with van der Waals surface area (Å²) in [4.78, 5) is 12.5. The SMILES string of the molecule is CC(C)(C)NCCCCn1c(Cc2cc3c(cc2I)CCC3)nc2c(N)nc(F)nc21. The Morgan fingerprint density at radius 1 is 1.13 bits per heavy atom. The number of unbranched alkanes of at least 4 members (excludes halogenated alkanes) is 1. The number of anilines is 1. The van der Waals surface area contributed by atoms with Gasteiger partial charge in [0.05, 0.1) is 0 Å². The number of nitrogen functional groups attached to an aromatic ring is 1. The highest BCUT2D eigenvalue weighted by Crippen LogP contribution is 2.29. The van der Waals surface area contributed by atoms with Crippen molar-refractivity contribution in [2.24, 2.45) is 0 Å². The van der Waals surface area contributed by atoms with Crippen molar-refractivity contribution in [2.75, 3.05) is 12.3 Å². The normalized spacial score (nSPS) is 13.8. The fraction of sp³-hybridized carbons (Fsp3) is 0.522. The first-order valence-electron chi connectivity index (χ1n) is 10.9. The number of imidazole rings is 1. The molecular weight excluding hydrogens is 506 g/mol. The standard InChI is InChI=1S/C23H30FIN6/c1-23(2,3)27-9-4-5-10-31-18(28-19-20(26)29-22(24)30-21(19)31)13-16-11-14-7-6-8-15(14)12-17(16)25/h11-12,27H,4-10,13H2,1-3H3,(H2,26,29,30). The third-order valence-electron chi connectivity index (χ3n) is 5.75. The molecule has 0 radical (unpaired) electrons. The lowest BCUT2D eigenvalue weighted by atomic mass is 10.0. The third kappa shape index (κ3) is 5.16. The first-order valence-corrected chi connectivity index (χ1v) is 12.0. The number of nitrogens with one attached hydrogen (secondary N) is 1. The molecule has 0 atom stereocenters. The molecule has 3 N–H and O–H groups in total. The zero-order chi connectivity index (χ0) is 22.2. The maximum absolute atomic E-state index is 13.9. The van der Waals surface area contributed by atoms with E-state index in [0.717, 1.165) is 44.6 Å². The van der Waals surface area contributed by atoms with Gasteiger partial charge in [-0.2, -0.15) is 14.4 Å². The molecule has 0 saturated carbocycles. The van der Waals surface area contributed by atoms with Crippen LogP contribution in [0.5, 0.6) is 0 Å². The molecule has 1 aliphatic rings. The largest absolute Gasteiger partial charge is 0.382 e. The number of fused-ring (bicyclic) bond motifs is 2. The second-order valence-corrected chi connectivity index (χ2v) is 10.5. The van der Waals surface area contributed by atoms with Gasteiger partial charge in [0.2, 0.25) is 0 Å². The highest BCUT2D eigenvalue weighted by atomic mass is 127. The maximum atomic E-state index is 13.9. The number of hydrogen-bond acceptors (Lipinski definition) is 5. The van der Waals surface area contributed by atoms with E-state index in [1.807, 2.05) is 4.57 Å². The summed E-state index contributed by atoms with van der Waals surface area (Å²) in [5.41, 5.74) is 11.2. The second-order valence-electron chi connectivity index (χ2n) is 9.36. The van der Waals surface area contributed by atoms with E-state index in [0.29, 0.717) is 17.6 Å². The Labute approximate surface area is 196 Å². The lowest BCUT2D eigenvalue weighted by Crippen LogP contribution is -2.36. The van der Waals surface area contributed by atoms with E-state index in [4.69, 9.17) is 10.7 Å². The van der Waals surface area contributed by atoms with E-state index in [1.54, 1.807) is 0 Å². The summed E-state index contributed by atoms with van der Waals surface area (Å²) in [6, 6.07) is 4.62. The highest BCUT2D eigenvalue weighted by molar-refractivity contribution is 14.1. The molecule has 0 spiro atoms. The Bertz CT molecular complexity index is 1100. The quantitative estimate of drug-likeness (QED) is 0.266. The summed E-state index contributed by atoms with van der Waals surface area (Å²) < 4.78 is 17.2. The van der Waals surface area contributed by atoms with E-state index in [-0.39, 0.29) is 11.4 Å². The molecule has 0 amide bonds. The summed E-state index contributed by atoms with van der Waals surface area (Å²) in [7, 11) is 0. The number of nitrogens with two attached hydrogens (primary N) is 1. The molecule has 3 aromatic rings. The van der Waals surface area contributed by atoms with Gasteiger partial charge < -0.3 is 15.6 Å². The lowest BCUT2D eigenvalue weighted by Gasteiger charge is -2.20. The van der Waals surface area contributed by atoms with Gasteiger partial charge in [-0.3, -0.25) is 0 Å². The van der Waals surface area contributed by atoms with Crippen LogP contribution in [0.2, 0.25) is 0 Å². The number of nitrogens with zero attached hydrogens (tertiary/aromatic N) is 4. The number of hydrogen-bond donors (Lipinski definition) is 2. The van der Waals surface area contributed by atoms with Crippen molar-refractivity contribution >= 4 is 39.6 Å². The van der Waals surface area contributed by atoms with E-state index in [2.05, 4.69) is 70.8 Å². The Morgan fingerprint density at radius 3 is 2.61 bits per heavy atom. The van der Waals surface area contributed by atoms with Crippen LogP contribution in [0.25, 0.3) is 11.2 Å². The van der Waals surface area contributed by atoms with Gasteiger partial charge in [0.15, 0.2) is 17.0 Å². The van der Waals surface area contributed by atoms with Crippen LogP contribution in [0.4, 0.5) is 10.2 Å². The average molecular weight is 536 g/mol. The molecule has 0 aliphatic heterocycles. The van der Waals surface area contributed by atoms with Gasteiger partial charge in [0.1, 0.15) is 5.82 Å². The van der Waals surface area contributed by atoms with Gasteiger partial charge in [-0.15, -0.1) is 0 Å². The molecule has 0 saturated heterocycles. The molecule has 0 unspecified atom stereocenters. The fourth-order valence-corrected chi connectivity index (χ4v) is 4.94. The van der Waals surface area contributed by atoms with Gasteiger partial charge in [-0.1, -0.05) is 6.07 Å². The van der Waals surface area contributed by atoms with Crippen molar-refractivity contribution in [3.63, 3.8) is 0 Å². The molecule has 2 aromatic heterocycles. The molecule has 31 heavy (non-hydrogen) atoms. The Hall–Kier alpha value is -1.81. The number of benzene rings is 1. The summed E-state index contributed by atoms with van der Waals surface area (Å²) in [6.07, 6.45) is 5.34. The second kappa shape index (κ2) is 8.97. The van der Waals surface area contributed by atoms with Crippen LogP contribution >= 0.6 is 22.6 Å². The van der Waals surface area contributed by atoms with Crippen molar-refractivity contribution in [1.82, 2.24) is 24.8 Å². The summed E-state index contributed by atoms with van der Waals surface area (Å²) >= 11 is 2.41. The summed E-state index contributed by atoms with van der Waals surface area (Å²) in [5.74, 6) is 0.960. The van der Waals surface area contributed by atoms with Crippen molar-refractivity contribution in [3.05, 3.63) is 44.3 Å². The molecule has 2 heterocycles. The molecule has 1 aliphatic carbocycles. The predicted molar refractivity (Wildman–Crippen MR) is 131 cm³/mol. The highest BCUT2D eigenvalue weighted by Gasteiger charge is 2.20. The van der Waals surface area contributed by atoms with Crippen molar-refractivity contribution in [3.8, 4) is 0 Å². The van der Waals surface area contributed by atoms with Crippen LogP contribution in [-0.4, -0.2) is 31.6 Å². The van der Waals surface area contributed by atoms with Crippen molar-refractivity contribution in [1.29, 1.82) is 0 Å². The average Bonchev–Trinajstić information content (AvgIpc) is 3.25. The first-order chi connectivity index (χ1) is 14.7. The number of aromatic nitrogens is 4. The van der Waals surface area contributed by atoms with Crippen LogP contribution in [0.15, 0.2) is 12.1 Å². The van der Waals surface area contributed by atoms with Crippen LogP contribution in [-0.2, 0) is 25.8 Å². The molecular formula is C23H30FIN6. The summed E-state index contributed by atoms with van der Waals surface area (Å²) in [5, 5.41) is 3.51. The predicted octanol–water partition coefficient (Wildman–Crippen LogP) is 4.40. The van der Waals surface area contributed by atoms with Gasteiger partial charge >= 0.3 is 6.08 Å². The lowest BCUT2D eigenvalue weighted by molar-refractivity contribution is 0.414. The third-order valence-corrected chi connectivity index (χ3v) is 6.75. The Kier molecular flexibility index (Phi) is 6.48. The fourth-order valence-electron chi connectivity index (χ4n) is 4.22. The number of halogens is 2.